The van der Waals surface area contributed by atoms with Crippen LogP contribution in [0.4, 0.5) is 0 Å². The third-order valence-electron chi connectivity index (χ3n) is 5.33. The number of nitrogens with zero attached hydrogens (tertiary/aromatic N) is 3. The number of benzene rings is 2. The highest BCUT2D eigenvalue weighted by molar-refractivity contribution is 6.32. The number of halogens is 1. The highest BCUT2D eigenvalue weighted by atomic mass is 35.5. The molecule has 1 aromatic heterocycles. The Morgan fingerprint density at radius 1 is 1.24 bits per heavy atom. The zero-order chi connectivity index (χ0) is 24.5. The summed E-state index contributed by atoms with van der Waals surface area (Å²) >= 11 is 6.38. The summed E-state index contributed by atoms with van der Waals surface area (Å²) in [6.07, 6.45) is 0.809. The van der Waals surface area contributed by atoms with Gasteiger partial charge in [0.15, 0.2) is 0 Å². The summed E-state index contributed by atoms with van der Waals surface area (Å²) in [7, 11) is 0. The minimum atomic E-state index is -0.486. The second kappa shape index (κ2) is 9.76. The van der Waals surface area contributed by atoms with Crippen LogP contribution in [0.5, 0.6) is 5.75 Å². The van der Waals surface area contributed by atoms with Crippen LogP contribution in [0.15, 0.2) is 40.9 Å². The van der Waals surface area contributed by atoms with Crippen molar-refractivity contribution in [2.45, 2.75) is 59.3 Å². The Hall–Kier alpha value is -2.90. The molecule has 34 heavy (non-hydrogen) atoms. The second-order valence-corrected chi connectivity index (χ2v) is 10.1. The Morgan fingerprint density at radius 3 is 2.74 bits per heavy atom. The predicted octanol–water partition coefficient (Wildman–Crippen LogP) is 5.54. The summed E-state index contributed by atoms with van der Waals surface area (Å²) in [5.74, 6) is 1.34. The van der Waals surface area contributed by atoms with E-state index in [9.17, 15) is 4.79 Å². The van der Waals surface area contributed by atoms with Crippen LogP contribution in [-0.2, 0) is 22.5 Å². The summed E-state index contributed by atoms with van der Waals surface area (Å²) < 4.78 is 16.8. The summed E-state index contributed by atoms with van der Waals surface area (Å²) in [6.45, 7) is 11.2. The van der Waals surface area contributed by atoms with E-state index in [1.54, 1.807) is 6.07 Å². The first-order valence-electron chi connectivity index (χ1n) is 11.4. The first kappa shape index (κ1) is 24.2. The van der Waals surface area contributed by atoms with Gasteiger partial charge in [0.25, 0.3) is 5.89 Å². The fourth-order valence-corrected chi connectivity index (χ4v) is 4.22. The molecule has 0 aliphatic carbocycles. The van der Waals surface area contributed by atoms with Gasteiger partial charge in [-0.15, -0.1) is 0 Å². The summed E-state index contributed by atoms with van der Waals surface area (Å²) in [4.78, 5) is 19.0. The number of carbonyl (C=O) groups excluding carboxylic acids is 1. The Bertz CT molecular complexity index is 1180. The van der Waals surface area contributed by atoms with Gasteiger partial charge in [-0.25, -0.2) is 0 Å². The SMILES string of the molecule is CC(C)Oc1ccc(-c2noc(-c3cccc4c3CCN(CC(=O)OC(C)(C)C)C4)n2)cc1Cl. The predicted molar refractivity (Wildman–Crippen MR) is 131 cm³/mol. The van der Waals surface area contributed by atoms with Gasteiger partial charge < -0.3 is 14.0 Å². The van der Waals surface area contributed by atoms with Crippen LogP contribution < -0.4 is 4.74 Å². The third kappa shape index (κ3) is 5.77. The van der Waals surface area contributed by atoms with E-state index in [0.29, 0.717) is 29.0 Å². The molecule has 0 saturated carbocycles. The van der Waals surface area contributed by atoms with Crippen molar-refractivity contribution in [3.63, 3.8) is 0 Å². The van der Waals surface area contributed by atoms with Gasteiger partial charge in [-0.3, -0.25) is 9.69 Å². The lowest BCUT2D eigenvalue weighted by atomic mass is 9.94. The average Bonchev–Trinajstić information content (AvgIpc) is 3.23. The van der Waals surface area contributed by atoms with Crippen LogP contribution in [0, 0.1) is 0 Å². The molecule has 3 aromatic rings. The van der Waals surface area contributed by atoms with Crippen molar-refractivity contribution in [1.82, 2.24) is 15.0 Å². The van der Waals surface area contributed by atoms with Gasteiger partial charge in [-0.05, 0) is 76.4 Å². The van der Waals surface area contributed by atoms with E-state index < -0.39 is 5.60 Å². The molecule has 7 nitrogen and oxygen atoms in total. The van der Waals surface area contributed by atoms with Crippen molar-refractivity contribution < 1.29 is 18.8 Å². The highest BCUT2D eigenvalue weighted by Crippen LogP contribution is 2.33. The highest BCUT2D eigenvalue weighted by Gasteiger charge is 2.25. The largest absolute Gasteiger partial charge is 0.489 e. The summed E-state index contributed by atoms with van der Waals surface area (Å²) in [6, 6.07) is 11.5. The normalized spacial score (nSPS) is 14.2. The number of ether oxygens (including phenoxy) is 2. The van der Waals surface area contributed by atoms with Gasteiger partial charge in [-0.2, -0.15) is 4.98 Å². The average molecular weight is 484 g/mol. The number of carbonyl (C=O) groups is 1. The molecule has 0 radical (unpaired) electrons. The molecule has 2 heterocycles. The number of esters is 1. The Morgan fingerprint density at radius 2 is 2.03 bits per heavy atom. The molecule has 0 unspecified atom stereocenters. The molecule has 0 fully saturated rings. The van der Waals surface area contributed by atoms with Crippen molar-refractivity contribution in [3.8, 4) is 28.6 Å². The van der Waals surface area contributed by atoms with E-state index in [2.05, 4.69) is 21.1 Å². The Labute approximate surface area is 205 Å². The van der Waals surface area contributed by atoms with Crippen LogP contribution in [0.25, 0.3) is 22.8 Å². The fourth-order valence-electron chi connectivity index (χ4n) is 4.00. The molecule has 0 N–H and O–H groups in total. The molecular formula is C26H30ClN3O4. The van der Waals surface area contributed by atoms with Crippen LogP contribution in [0.3, 0.4) is 0 Å². The molecule has 0 bridgehead atoms. The Kier molecular flexibility index (Phi) is 6.96. The Balaban J connectivity index is 1.51. The maximum Gasteiger partial charge on any atom is 0.320 e. The molecule has 0 spiro atoms. The van der Waals surface area contributed by atoms with Crippen molar-refractivity contribution >= 4 is 17.6 Å². The monoisotopic (exact) mass is 483 g/mol. The van der Waals surface area contributed by atoms with Crippen molar-refractivity contribution in [2.24, 2.45) is 0 Å². The van der Waals surface area contributed by atoms with Crippen molar-refractivity contribution in [3.05, 3.63) is 52.5 Å². The van der Waals surface area contributed by atoms with Gasteiger partial charge in [-0.1, -0.05) is 28.9 Å². The first-order chi connectivity index (χ1) is 16.1. The van der Waals surface area contributed by atoms with E-state index in [0.717, 1.165) is 35.2 Å². The maximum atomic E-state index is 12.2. The summed E-state index contributed by atoms with van der Waals surface area (Å²) in [5.41, 5.74) is 3.49. The van der Waals surface area contributed by atoms with E-state index in [-0.39, 0.29) is 18.6 Å². The number of hydrogen-bond donors (Lipinski definition) is 0. The number of fused-ring (bicyclic) bond motifs is 1. The molecular weight excluding hydrogens is 454 g/mol. The molecule has 0 amide bonds. The topological polar surface area (TPSA) is 77.7 Å². The summed E-state index contributed by atoms with van der Waals surface area (Å²) in [5, 5.41) is 4.67. The van der Waals surface area contributed by atoms with E-state index in [1.807, 2.05) is 58.9 Å². The quantitative estimate of drug-likeness (QED) is 0.425. The smallest absolute Gasteiger partial charge is 0.320 e. The fraction of sp³-hybridized carbons (Fsp3) is 0.423. The molecule has 4 rings (SSSR count). The van der Waals surface area contributed by atoms with E-state index in [4.69, 9.17) is 25.6 Å². The van der Waals surface area contributed by atoms with Gasteiger partial charge >= 0.3 is 5.97 Å². The zero-order valence-corrected chi connectivity index (χ0v) is 21.0. The van der Waals surface area contributed by atoms with Crippen molar-refractivity contribution in [2.75, 3.05) is 13.1 Å². The van der Waals surface area contributed by atoms with Gasteiger partial charge in [0, 0.05) is 24.2 Å². The minimum Gasteiger partial charge on any atom is -0.489 e. The molecule has 0 atom stereocenters. The van der Waals surface area contributed by atoms with E-state index >= 15 is 0 Å². The maximum absolute atomic E-state index is 12.2. The molecule has 2 aromatic carbocycles. The van der Waals surface area contributed by atoms with Crippen molar-refractivity contribution in [1.29, 1.82) is 0 Å². The zero-order valence-electron chi connectivity index (χ0n) is 20.2. The number of rotatable bonds is 6. The number of hydrogen-bond acceptors (Lipinski definition) is 7. The standard InChI is InChI=1S/C26H30ClN3O4/c1-16(2)32-22-10-9-17(13-21(22)27)24-28-25(34-29-24)20-8-6-7-18-14-30(12-11-19(18)20)15-23(31)33-26(3,4)5/h6-10,13,16H,11-12,14-15H2,1-5H3. The van der Waals surface area contributed by atoms with Gasteiger partial charge in [0.05, 0.1) is 17.7 Å². The second-order valence-electron chi connectivity index (χ2n) is 9.73. The molecule has 180 valence electrons. The van der Waals surface area contributed by atoms with Crippen LogP contribution in [0.1, 0.15) is 45.7 Å². The molecule has 1 aliphatic rings. The molecule has 1 aliphatic heterocycles. The lowest BCUT2D eigenvalue weighted by Gasteiger charge is -2.30. The van der Waals surface area contributed by atoms with Crippen LogP contribution in [0.2, 0.25) is 5.02 Å². The number of aromatic nitrogens is 2. The van der Waals surface area contributed by atoms with Crippen LogP contribution >= 0.6 is 11.6 Å². The van der Waals surface area contributed by atoms with Gasteiger partial charge in [0.1, 0.15) is 11.4 Å². The van der Waals surface area contributed by atoms with Gasteiger partial charge in [0.2, 0.25) is 5.82 Å². The van der Waals surface area contributed by atoms with E-state index in [1.165, 1.54) is 0 Å². The minimum absolute atomic E-state index is 0.0319. The molecule has 8 heteroatoms. The lowest BCUT2D eigenvalue weighted by molar-refractivity contribution is -0.156. The lowest BCUT2D eigenvalue weighted by Crippen LogP contribution is -2.38. The first-order valence-corrected chi connectivity index (χ1v) is 11.8. The molecule has 0 saturated heterocycles. The third-order valence-corrected chi connectivity index (χ3v) is 5.62. The van der Waals surface area contributed by atoms with Crippen LogP contribution in [-0.4, -0.2) is 45.8 Å².